The number of nitrogens with zero attached hydrogens (tertiary/aromatic N) is 4. The number of nitrogens with one attached hydrogen (secondary N) is 1. The van der Waals surface area contributed by atoms with Gasteiger partial charge in [-0.05, 0) is 35.7 Å². The second-order valence-corrected chi connectivity index (χ2v) is 7.57. The Bertz CT molecular complexity index is 1080. The first-order valence-corrected chi connectivity index (χ1v) is 10.5. The fourth-order valence-corrected chi connectivity index (χ4v) is 3.65. The molecular weight excluding hydrogens is 406 g/mol. The monoisotopic (exact) mass is 431 g/mol. The molecule has 1 aromatic carbocycles. The van der Waals surface area contributed by atoms with Crippen LogP contribution in [0, 0.1) is 0 Å². The maximum Gasteiger partial charge on any atom is 0.255 e. The lowest BCUT2D eigenvalue weighted by atomic mass is 10.1. The van der Waals surface area contributed by atoms with Crippen LogP contribution in [0.25, 0.3) is 0 Å². The molecule has 0 fully saturated rings. The molecule has 1 aliphatic rings. The molecular formula is C24H25N5O3. The number of hydrogen-bond acceptors (Lipinski definition) is 6. The largest absolute Gasteiger partial charge is 0.396 e. The van der Waals surface area contributed by atoms with Gasteiger partial charge in [0, 0.05) is 38.3 Å². The van der Waals surface area contributed by atoms with Crippen LogP contribution in [-0.2, 0) is 17.9 Å². The first-order chi connectivity index (χ1) is 15.7. The summed E-state index contributed by atoms with van der Waals surface area (Å²) in [5.41, 5.74) is 2.92. The minimum Gasteiger partial charge on any atom is -0.396 e. The number of anilines is 2. The first kappa shape index (κ1) is 21.5. The van der Waals surface area contributed by atoms with Gasteiger partial charge in [-0.2, -0.15) is 0 Å². The zero-order valence-electron chi connectivity index (χ0n) is 17.6. The molecule has 4 rings (SSSR count). The lowest BCUT2D eigenvalue weighted by Gasteiger charge is -2.30. The van der Waals surface area contributed by atoms with Gasteiger partial charge < -0.3 is 20.2 Å². The van der Waals surface area contributed by atoms with Crippen molar-refractivity contribution < 1.29 is 14.7 Å². The number of pyridine rings is 2. The van der Waals surface area contributed by atoms with Crippen molar-refractivity contribution in [3.05, 3.63) is 83.8 Å². The molecule has 0 radical (unpaired) electrons. The number of amides is 2. The minimum atomic E-state index is -0.205. The third-order valence-corrected chi connectivity index (χ3v) is 5.29. The number of benzene rings is 1. The molecule has 0 spiro atoms. The van der Waals surface area contributed by atoms with E-state index < -0.39 is 0 Å². The van der Waals surface area contributed by atoms with E-state index in [4.69, 9.17) is 0 Å². The Morgan fingerprint density at radius 3 is 2.66 bits per heavy atom. The third-order valence-electron chi connectivity index (χ3n) is 5.29. The van der Waals surface area contributed by atoms with Gasteiger partial charge in [-0.15, -0.1) is 0 Å². The number of hydrogen-bond donors (Lipinski definition) is 2. The van der Waals surface area contributed by atoms with Gasteiger partial charge in [-0.25, -0.2) is 4.98 Å². The minimum absolute atomic E-state index is 0.00810. The van der Waals surface area contributed by atoms with Crippen molar-refractivity contribution in [3.63, 3.8) is 0 Å². The zero-order chi connectivity index (χ0) is 22.3. The lowest BCUT2D eigenvalue weighted by Crippen LogP contribution is -2.40. The molecule has 1 aliphatic heterocycles. The van der Waals surface area contributed by atoms with Crippen molar-refractivity contribution in [2.45, 2.75) is 19.5 Å². The predicted octanol–water partition coefficient (Wildman–Crippen LogP) is 2.46. The fourth-order valence-electron chi connectivity index (χ4n) is 3.65. The van der Waals surface area contributed by atoms with Crippen LogP contribution < -0.4 is 10.2 Å². The molecule has 0 saturated carbocycles. The Kier molecular flexibility index (Phi) is 6.72. The number of carbonyl (C=O) groups excluding carboxylic acids is 2. The molecule has 164 valence electrons. The van der Waals surface area contributed by atoms with E-state index in [-0.39, 0.29) is 25.0 Å². The summed E-state index contributed by atoms with van der Waals surface area (Å²) in [5, 5.41) is 12.3. The van der Waals surface area contributed by atoms with E-state index in [1.807, 2.05) is 42.5 Å². The summed E-state index contributed by atoms with van der Waals surface area (Å²) in [6, 6.07) is 15.1. The van der Waals surface area contributed by atoms with Crippen LogP contribution in [0.15, 0.2) is 67.1 Å². The number of aliphatic hydroxyl groups excluding tert-OH is 1. The summed E-state index contributed by atoms with van der Waals surface area (Å²) in [4.78, 5) is 37.8. The Balaban J connectivity index is 1.61. The van der Waals surface area contributed by atoms with Crippen LogP contribution in [0.1, 0.15) is 27.9 Å². The topological polar surface area (TPSA) is 98.7 Å². The molecule has 0 bridgehead atoms. The van der Waals surface area contributed by atoms with E-state index in [1.165, 1.54) is 6.20 Å². The number of rotatable bonds is 8. The molecule has 2 amide bonds. The van der Waals surface area contributed by atoms with Crippen molar-refractivity contribution >= 4 is 23.3 Å². The molecule has 8 heteroatoms. The number of carbonyl (C=O) groups is 2. The highest BCUT2D eigenvalue weighted by Gasteiger charge is 2.27. The molecule has 8 nitrogen and oxygen atoms in total. The molecule has 32 heavy (non-hydrogen) atoms. The van der Waals surface area contributed by atoms with Crippen LogP contribution in [0.4, 0.5) is 11.5 Å². The summed E-state index contributed by atoms with van der Waals surface area (Å²) in [6.07, 6.45) is 5.37. The van der Waals surface area contributed by atoms with E-state index >= 15 is 0 Å². The summed E-state index contributed by atoms with van der Waals surface area (Å²) in [5.74, 6) is 0.290. The molecule has 2 N–H and O–H groups in total. The Hall–Kier alpha value is -3.78. The van der Waals surface area contributed by atoms with Gasteiger partial charge in [0.1, 0.15) is 0 Å². The van der Waals surface area contributed by atoms with E-state index in [0.29, 0.717) is 43.1 Å². The van der Waals surface area contributed by atoms with E-state index in [1.54, 1.807) is 28.3 Å². The molecule has 0 atom stereocenters. The zero-order valence-corrected chi connectivity index (χ0v) is 17.6. The van der Waals surface area contributed by atoms with Gasteiger partial charge in [-0.3, -0.25) is 14.6 Å². The number of aliphatic hydroxyl groups is 1. The van der Waals surface area contributed by atoms with Crippen molar-refractivity contribution in [1.29, 1.82) is 0 Å². The predicted molar refractivity (Wildman–Crippen MR) is 121 cm³/mol. The summed E-state index contributed by atoms with van der Waals surface area (Å²) >= 11 is 0. The quantitative estimate of drug-likeness (QED) is 0.569. The van der Waals surface area contributed by atoms with Crippen LogP contribution in [0.2, 0.25) is 0 Å². The van der Waals surface area contributed by atoms with Gasteiger partial charge >= 0.3 is 0 Å². The smallest absolute Gasteiger partial charge is 0.255 e. The maximum atomic E-state index is 13.4. The van der Waals surface area contributed by atoms with E-state index in [0.717, 1.165) is 11.1 Å². The van der Waals surface area contributed by atoms with Crippen LogP contribution in [0.3, 0.4) is 0 Å². The fraction of sp³-hybridized carbons (Fsp3) is 0.250. The molecule has 0 aliphatic carbocycles. The molecule has 2 aromatic heterocycles. The lowest BCUT2D eigenvalue weighted by molar-refractivity contribution is -0.117. The Labute approximate surface area is 186 Å². The first-order valence-electron chi connectivity index (χ1n) is 10.5. The van der Waals surface area contributed by atoms with Gasteiger partial charge in [0.25, 0.3) is 5.91 Å². The van der Waals surface area contributed by atoms with Crippen LogP contribution in [0.5, 0.6) is 0 Å². The highest BCUT2D eigenvalue weighted by atomic mass is 16.3. The average Bonchev–Trinajstić information content (AvgIpc) is 2.84. The van der Waals surface area contributed by atoms with Gasteiger partial charge in [0.2, 0.25) is 5.91 Å². The highest BCUT2D eigenvalue weighted by Crippen LogP contribution is 2.30. The average molecular weight is 431 g/mol. The molecule has 3 aromatic rings. The molecule has 3 heterocycles. The molecule has 0 saturated heterocycles. The number of fused-ring (bicyclic) bond motifs is 1. The van der Waals surface area contributed by atoms with Crippen molar-refractivity contribution in [2.24, 2.45) is 0 Å². The van der Waals surface area contributed by atoms with Crippen LogP contribution in [-0.4, -0.2) is 51.5 Å². The van der Waals surface area contributed by atoms with Crippen LogP contribution >= 0.6 is 0 Å². The van der Waals surface area contributed by atoms with E-state index in [2.05, 4.69) is 15.3 Å². The third kappa shape index (κ3) is 4.92. The normalized spacial score (nSPS) is 12.8. The Morgan fingerprint density at radius 2 is 1.91 bits per heavy atom. The SMILES string of the molecule is O=C(c1cnc2c(c1)N(Cc1ccccc1)C(=O)CN2)N(CCCO)Cc1ccncc1. The summed E-state index contributed by atoms with van der Waals surface area (Å²) < 4.78 is 0. The second kappa shape index (κ2) is 10.0. The van der Waals surface area contributed by atoms with Crippen molar-refractivity contribution in [2.75, 3.05) is 29.9 Å². The maximum absolute atomic E-state index is 13.4. The highest BCUT2D eigenvalue weighted by molar-refractivity contribution is 6.04. The van der Waals surface area contributed by atoms with Crippen molar-refractivity contribution in [1.82, 2.24) is 14.9 Å². The Morgan fingerprint density at radius 1 is 1.12 bits per heavy atom. The van der Waals surface area contributed by atoms with Gasteiger partial charge in [0.15, 0.2) is 5.82 Å². The second-order valence-electron chi connectivity index (χ2n) is 7.57. The number of aromatic nitrogens is 2. The van der Waals surface area contributed by atoms with Gasteiger partial charge in [-0.1, -0.05) is 30.3 Å². The standard InChI is InChI=1S/C24H25N5O3/c30-12-4-11-28(16-19-7-9-25-10-8-19)24(32)20-13-21-23(26-14-20)27-15-22(31)29(21)17-18-5-2-1-3-6-18/h1-3,5-10,13-14,30H,4,11-12,15-17H2,(H,26,27). The summed E-state index contributed by atoms with van der Waals surface area (Å²) in [6.45, 7) is 1.35. The summed E-state index contributed by atoms with van der Waals surface area (Å²) in [7, 11) is 0. The molecule has 0 unspecified atom stereocenters. The van der Waals surface area contributed by atoms with Gasteiger partial charge in [0.05, 0.1) is 24.3 Å². The van der Waals surface area contributed by atoms with E-state index in [9.17, 15) is 14.7 Å². The van der Waals surface area contributed by atoms with Crippen molar-refractivity contribution in [3.8, 4) is 0 Å².